The first kappa shape index (κ1) is 15.0. The lowest BCUT2D eigenvalue weighted by molar-refractivity contribution is 0.410. The van der Waals surface area contributed by atoms with E-state index in [4.69, 9.17) is 4.98 Å². The van der Waals surface area contributed by atoms with E-state index in [-0.39, 0.29) is 6.04 Å². The van der Waals surface area contributed by atoms with Crippen molar-refractivity contribution >= 4 is 5.95 Å². The van der Waals surface area contributed by atoms with Gasteiger partial charge in [0.2, 0.25) is 5.95 Å². The Bertz CT molecular complexity index is 642. The standard InChI is InChI=1S/C17H25N5/c1-11(2)15(16-18-8-9-22(16)4)21-17-19-12(3)10-14(20-17)13-6-5-7-13/h8-11,13,15H,5-7H2,1-4H3,(H,19,20,21)/t15-/m0/s1. The van der Waals surface area contributed by atoms with E-state index >= 15 is 0 Å². The highest BCUT2D eigenvalue weighted by molar-refractivity contribution is 5.32. The summed E-state index contributed by atoms with van der Waals surface area (Å²) in [5.41, 5.74) is 2.21. The molecule has 2 aromatic heterocycles. The number of imidazole rings is 1. The van der Waals surface area contributed by atoms with Crippen LogP contribution in [0.15, 0.2) is 18.5 Å². The molecule has 2 aromatic rings. The van der Waals surface area contributed by atoms with Crippen molar-refractivity contribution in [2.45, 2.75) is 52.0 Å². The Morgan fingerprint density at radius 2 is 2.05 bits per heavy atom. The van der Waals surface area contributed by atoms with E-state index in [0.717, 1.165) is 17.5 Å². The fraction of sp³-hybridized carbons (Fsp3) is 0.588. The summed E-state index contributed by atoms with van der Waals surface area (Å²) < 4.78 is 2.06. The lowest BCUT2D eigenvalue weighted by atomic mass is 9.83. The van der Waals surface area contributed by atoms with Gasteiger partial charge in [-0.15, -0.1) is 0 Å². The lowest BCUT2D eigenvalue weighted by Crippen LogP contribution is -2.22. The smallest absolute Gasteiger partial charge is 0.223 e. The Kier molecular flexibility index (Phi) is 4.14. The molecule has 5 nitrogen and oxygen atoms in total. The Hall–Kier alpha value is -1.91. The number of hydrogen-bond acceptors (Lipinski definition) is 4. The Morgan fingerprint density at radius 1 is 1.27 bits per heavy atom. The van der Waals surface area contributed by atoms with Crippen LogP contribution in [-0.4, -0.2) is 19.5 Å². The minimum Gasteiger partial charge on any atom is -0.344 e. The predicted molar refractivity (Wildman–Crippen MR) is 87.8 cm³/mol. The fourth-order valence-corrected chi connectivity index (χ4v) is 2.92. The Balaban J connectivity index is 1.86. The summed E-state index contributed by atoms with van der Waals surface area (Å²) in [4.78, 5) is 13.8. The minimum atomic E-state index is 0.107. The molecule has 3 rings (SSSR count). The topological polar surface area (TPSA) is 55.6 Å². The first-order chi connectivity index (χ1) is 10.5. The molecule has 1 N–H and O–H groups in total. The summed E-state index contributed by atoms with van der Waals surface area (Å²) in [5, 5.41) is 3.50. The molecule has 1 aliphatic carbocycles. The average molecular weight is 299 g/mol. The molecule has 0 amide bonds. The van der Waals surface area contributed by atoms with Gasteiger partial charge in [0, 0.05) is 36.7 Å². The van der Waals surface area contributed by atoms with E-state index in [1.54, 1.807) is 0 Å². The number of aromatic nitrogens is 4. The molecule has 1 saturated carbocycles. The van der Waals surface area contributed by atoms with Crippen molar-refractivity contribution in [1.82, 2.24) is 19.5 Å². The van der Waals surface area contributed by atoms with E-state index in [0.29, 0.717) is 11.8 Å². The normalized spacial score (nSPS) is 16.6. The molecule has 1 atom stereocenters. The van der Waals surface area contributed by atoms with E-state index in [9.17, 15) is 0 Å². The van der Waals surface area contributed by atoms with Crippen molar-refractivity contribution in [2.24, 2.45) is 13.0 Å². The molecular weight excluding hydrogens is 274 g/mol. The van der Waals surface area contributed by atoms with Crippen molar-refractivity contribution in [3.05, 3.63) is 35.7 Å². The van der Waals surface area contributed by atoms with E-state index < -0.39 is 0 Å². The van der Waals surface area contributed by atoms with Gasteiger partial charge in [0.1, 0.15) is 5.82 Å². The van der Waals surface area contributed by atoms with Crippen LogP contribution in [0.5, 0.6) is 0 Å². The molecule has 0 spiro atoms. The van der Waals surface area contributed by atoms with Crippen molar-refractivity contribution in [2.75, 3.05) is 5.32 Å². The quantitative estimate of drug-likeness (QED) is 0.916. The molecule has 0 bridgehead atoms. The first-order valence-electron chi connectivity index (χ1n) is 8.14. The molecule has 0 aromatic carbocycles. The number of anilines is 1. The van der Waals surface area contributed by atoms with Crippen LogP contribution < -0.4 is 5.32 Å². The zero-order valence-corrected chi connectivity index (χ0v) is 13.9. The van der Waals surface area contributed by atoms with Gasteiger partial charge in [0.05, 0.1) is 6.04 Å². The summed E-state index contributed by atoms with van der Waals surface area (Å²) in [6.07, 6.45) is 7.64. The third-order valence-corrected chi connectivity index (χ3v) is 4.49. The van der Waals surface area contributed by atoms with Gasteiger partial charge in [-0.25, -0.2) is 15.0 Å². The maximum Gasteiger partial charge on any atom is 0.223 e. The van der Waals surface area contributed by atoms with Crippen molar-refractivity contribution in [3.8, 4) is 0 Å². The van der Waals surface area contributed by atoms with Crippen LogP contribution in [0, 0.1) is 12.8 Å². The van der Waals surface area contributed by atoms with Gasteiger partial charge in [-0.2, -0.15) is 0 Å². The average Bonchev–Trinajstić information content (AvgIpc) is 2.79. The van der Waals surface area contributed by atoms with Crippen LogP contribution in [0.3, 0.4) is 0 Å². The van der Waals surface area contributed by atoms with Crippen molar-refractivity contribution < 1.29 is 0 Å². The number of rotatable bonds is 5. The maximum absolute atomic E-state index is 4.76. The first-order valence-corrected chi connectivity index (χ1v) is 8.14. The largest absolute Gasteiger partial charge is 0.344 e. The monoisotopic (exact) mass is 299 g/mol. The van der Waals surface area contributed by atoms with Crippen LogP contribution in [0.1, 0.15) is 62.3 Å². The SMILES string of the molecule is Cc1cc(C2CCC2)nc(N[C@H](c2nccn2C)C(C)C)n1. The van der Waals surface area contributed by atoms with Gasteiger partial charge >= 0.3 is 0 Å². The minimum absolute atomic E-state index is 0.107. The number of nitrogens with one attached hydrogen (secondary N) is 1. The molecule has 22 heavy (non-hydrogen) atoms. The van der Waals surface area contributed by atoms with Crippen LogP contribution in [0.25, 0.3) is 0 Å². The highest BCUT2D eigenvalue weighted by Gasteiger charge is 2.24. The highest BCUT2D eigenvalue weighted by atomic mass is 15.2. The zero-order valence-electron chi connectivity index (χ0n) is 13.9. The van der Waals surface area contributed by atoms with Crippen molar-refractivity contribution in [3.63, 3.8) is 0 Å². The molecular formula is C17H25N5. The molecule has 1 aliphatic rings. The maximum atomic E-state index is 4.76. The van der Waals surface area contributed by atoms with Crippen LogP contribution in [0.2, 0.25) is 0 Å². The summed E-state index contributed by atoms with van der Waals surface area (Å²) in [6.45, 7) is 6.42. The van der Waals surface area contributed by atoms with E-state index in [1.165, 1.54) is 25.0 Å². The van der Waals surface area contributed by atoms with E-state index in [1.807, 2.05) is 26.4 Å². The number of nitrogens with zero attached hydrogens (tertiary/aromatic N) is 4. The summed E-state index contributed by atoms with van der Waals surface area (Å²) >= 11 is 0. The zero-order chi connectivity index (χ0) is 15.7. The molecule has 5 heteroatoms. The van der Waals surface area contributed by atoms with Crippen LogP contribution in [0.4, 0.5) is 5.95 Å². The van der Waals surface area contributed by atoms with Crippen molar-refractivity contribution in [1.29, 1.82) is 0 Å². The van der Waals surface area contributed by atoms with Crippen LogP contribution in [-0.2, 0) is 7.05 Å². The fourth-order valence-electron chi connectivity index (χ4n) is 2.92. The molecule has 0 radical (unpaired) electrons. The highest BCUT2D eigenvalue weighted by Crippen LogP contribution is 2.36. The van der Waals surface area contributed by atoms with Gasteiger partial charge in [0.15, 0.2) is 0 Å². The third kappa shape index (κ3) is 2.98. The van der Waals surface area contributed by atoms with Gasteiger partial charge in [-0.1, -0.05) is 20.3 Å². The summed E-state index contributed by atoms with van der Waals surface area (Å²) in [6, 6.07) is 2.23. The van der Waals surface area contributed by atoms with E-state index in [2.05, 4.69) is 39.8 Å². The second kappa shape index (κ2) is 6.07. The molecule has 0 aliphatic heterocycles. The second-order valence-corrected chi connectivity index (χ2v) is 6.65. The Labute approximate surface area is 132 Å². The Morgan fingerprint density at radius 3 is 2.59 bits per heavy atom. The second-order valence-electron chi connectivity index (χ2n) is 6.65. The molecule has 118 valence electrons. The summed E-state index contributed by atoms with van der Waals surface area (Å²) in [5.74, 6) is 2.76. The number of hydrogen-bond donors (Lipinski definition) is 1. The molecule has 0 saturated heterocycles. The van der Waals surface area contributed by atoms with Gasteiger partial charge in [0.25, 0.3) is 0 Å². The van der Waals surface area contributed by atoms with Crippen LogP contribution >= 0.6 is 0 Å². The molecule has 2 heterocycles. The number of aryl methyl sites for hydroxylation is 2. The van der Waals surface area contributed by atoms with Gasteiger partial charge < -0.3 is 9.88 Å². The predicted octanol–water partition coefficient (Wildman–Crippen LogP) is 3.60. The molecule has 1 fully saturated rings. The third-order valence-electron chi connectivity index (χ3n) is 4.49. The lowest BCUT2D eigenvalue weighted by Gasteiger charge is -2.26. The summed E-state index contributed by atoms with van der Waals surface area (Å²) in [7, 11) is 2.02. The van der Waals surface area contributed by atoms with Gasteiger partial charge in [-0.3, -0.25) is 0 Å². The molecule has 0 unspecified atom stereocenters. The van der Waals surface area contributed by atoms with Gasteiger partial charge in [-0.05, 0) is 31.7 Å².